The predicted octanol–water partition coefficient (Wildman–Crippen LogP) is 2.04. The standard InChI is InChI=1S/C10H9BrN2O/c1-13(7-6-12)10(14)8-2-4-9(11)5-3-8/h2-5H,7H2,1H3. The molecule has 0 radical (unpaired) electrons. The minimum Gasteiger partial charge on any atom is -0.328 e. The predicted molar refractivity (Wildman–Crippen MR) is 56.7 cm³/mol. The summed E-state index contributed by atoms with van der Waals surface area (Å²) in [6.07, 6.45) is 0. The minimum absolute atomic E-state index is 0.106. The fourth-order valence-electron chi connectivity index (χ4n) is 0.991. The van der Waals surface area contributed by atoms with E-state index in [-0.39, 0.29) is 12.5 Å². The van der Waals surface area contributed by atoms with Gasteiger partial charge in [-0.15, -0.1) is 0 Å². The molecule has 0 heterocycles. The second kappa shape index (κ2) is 4.77. The molecular formula is C10H9BrN2O. The lowest BCUT2D eigenvalue weighted by Crippen LogP contribution is -2.26. The number of carbonyl (C=O) groups excluding carboxylic acids is 1. The van der Waals surface area contributed by atoms with E-state index in [1.807, 2.05) is 6.07 Å². The van der Waals surface area contributed by atoms with E-state index >= 15 is 0 Å². The second-order valence-electron chi connectivity index (χ2n) is 2.83. The van der Waals surface area contributed by atoms with Crippen LogP contribution in [0.3, 0.4) is 0 Å². The first-order valence-corrected chi connectivity index (χ1v) is 4.82. The lowest BCUT2D eigenvalue weighted by Gasteiger charge is -2.12. The molecule has 0 N–H and O–H groups in total. The zero-order chi connectivity index (χ0) is 10.6. The van der Waals surface area contributed by atoms with Crippen LogP contribution in [-0.4, -0.2) is 24.4 Å². The lowest BCUT2D eigenvalue weighted by molar-refractivity contribution is 0.0812. The number of benzene rings is 1. The minimum atomic E-state index is -0.140. The van der Waals surface area contributed by atoms with E-state index in [2.05, 4.69) is 15.9 Å². The first-order valence-electron chi connectivity index (χ1n) is 4.03. The van der Waals surface area contributed by atoms with Gasteiger partial charge in [0.25, 0.3) is 5.91 Å². The Kier molecular flexibility index (Phi) is 3.66. The molecule has 0 fully saturated rings. The summed E-state index contributed by atoms with van der Waals surface area (Å²) in [6, 6.07) is 8.97. The fraction of sp³-hybridized carbons (Fsp3) is 0.200. The van der Waals surface area contributed by atoms with Gasteiger partial charge in [0.2, 0.25) is 0 Å². The van der Waals surface area contributed by atoms with E-state index in [0.717, 1.165) is 4.47 Å². The molecular weight excluding hydrogens is 244 g/mol. The van der Waals surface area contributed by atoms with Gasteiger partial charge in [-0.2, -0.15) is 5.26 Å². The van der Waals surface area contributed by atoms with Gasteiger partial charge in [-0.05, 0) is 24.3 Å². The van der Waals surface area contributed by atoms with E-state index in [0.29, 0.717) is 5.56 Å². The second-order valence-corrected chi connectivity index (χ2v) is 3.74. The summed E-state index contributed by atoms with van der Waals surface area (Å²) >= 11 is 3.29. The summed E-state index contributed by atoms with van der Waals surface area (Å²) in [5.74, 6) is -0.140. The van der Waals surface area contributed by atoms with Gasteiger partial charge >= 0.3 is 0 Å². The van der Waals surface area contributed by atoms with Crippen molar-refractivity contribution in [2.24, 2.45) is 0 Å². The Hall–Kier alpha value is -1.34. The van der Waals surface area contributed by atoms with Crippen LogP contribution in [-0.2, 0) is 0 Å². The maximum atomic E-state index is 11.6. The quantitative estimate of drug-likeness (QED) is 0.757. The number of nitriles is 1. The highest BCUT2D eigenvalue weighted by Crippen LogP contribution is 2.11. The topological polar surface area (TPSA) is 44.1 Å². The lowest BCUT2D eigenvalue weighted by atomic mass is 10.2. The molecule has 0 aromatic heterocycles. The third-order valence-corrected chi connectivity index (χ3v) is 2.27. The van der Waals surface area contributed by atoms with Crippen molar-refractivity contribution in [3.8, 4) is 6.07 Å². The van der Waals surface area contributed by atoms with E-state index < -0.39 is 0 Å². The molecule has 0 spiro atoms. The van der Waals surface area contributed by atoms with E-state index in [1.54, 1.807) is 31.3 Å². The number of hydrogen-bond donors (Lipinski definition) is 0. The first kappa shape index (κ1) is 10.7. The number of hydrogen-bond acceptors (Lipinski definition) is 2. The van der Waals surface area contributed by atoms with Crippen LogP contribution in [0, 0.1) is 11.3 Å². The van der Waals surface area contributed by atoms with Crippen LogP contribution in [0.4, 0.5) is 0 Å². The van der Waals surface area contributed by atoms with Gasteiger partial charge in [-0.3, -0.25) is 4.79 Å². The third kappa shape index (κ3) is 2.57. The van der Waals surface area contributed by atoms with Crippen molar-refractivity contribution in [2.75, 3.05) is 13.6 Å². The summed E-state index contributed by atoms with van der Waals surface area (Å²) in [5.41, 5.74) is 0.589. The van der Waals surface area contributed by atoms with Gasteiger partial charge in [0.1, 0.15) is 6.54 Å². The fourth-order valence-corrected chi connectivity index (χ4v) is 1.26. The van der Waals surface area contributed by atoms with E-state index in [9.17, 15) is 4.79 Å². The van der Waals surface area contributed by atoms with Crippen molar-refractivity contribution >= 4 is 21.8 Å². The van der Waals surface area contributed by atoms with Crippen molar-refractivity contribution in [1.29, 1.82) is 5.26 Å². The molecule has 0 saturated carbocycles. The van der Waals surface area contributed by atoms with Crippen molar-refractivity contribution in [3.63, 3.8) is 0 Å². The molecule has 1 aromatic carbocycles. The molecule has 1 aromatic rings. The highest BCUT2D eigenvalue weighted by Gasteiger charge is 2.09. The van der Waals surface area contributed by atoms with Crippen LogP contribution in [0.25, 0.3) is 0 Å². The molecule has 4 heteroatoms. The van der Waals surface area contributed by atoms with Gasteiger partial charge in [-0.25, -0.2) is 0 Å². The normalized spacial score (nSPS) is 9.21. The van der Waals surface area contributed by atoms with Gasteiger partial charge in [0.05, 0.1) is 6.07 Å². The van der Waals surface area contributed by atoms with Crippen LogP contribution in [0.15, 0.2) is 28.7 Å². The molecule has 0 aliphatic carbocycles. The largest absolute Gasteiger partial charge is 0.328 e. The zero-order valence-electron chi connectivity index (χ0n) is 7.70. The Labute approximate surface area is 91.1 Å². The summed E-state index contributed by atoms with van der Waals surface area (Å²) in [4.78, 5) is 13.0. The molecule has 0 aliphatic heterocycles. The Morgan fingerprint density at radius 2 is 2.07 bits per heavy atom. The van der Waals surface area contributed by atoms with Crippen LogP contribution in [0.1, 0.15) is 10.4 Å². The molecule has 0 aliphatic rings. The molecule has 1 amide bonds. The molecule has 0 bridgehead atoms. The van der Waals surface area contributed by atoms with Crippen LogP contribution >= 0.6 is 15.9 Å². The van der Waals surface area contributed by atoms with Crippen molar-refractivity contribution in [2.45, 2.75) is 0 Å². The number of amides is 1. The molecule has 0 unspecified atom stereocenters. The maximum absolute atomic E-state index is 11.6. The highest BCUT2D eigenvalue weighted by molar-refractivity contribution is 9.10. The average molecular weight is 253 g/mol. The van der Waals surface area contributed by atoms with Crippen molar-refractivity contribution < 1.29 is 4.79 Å². The van der Waals surface area contributed by atoms with Crippen molar-refractivity contribution in [3.05, 3.63) is 34.3 Å². The average Bonchev–Trinajstić information content (AvgIpc) is 2.18. The van der Waals surface area contributed by atoms with Gasteiger partial charge in [0, 0.05) is 17.1 Å². The first-order chi connectivity index (χ1) is 6.65. The smallest absolute Gasteiger partial charge is 0.254 e. The molecule has 14 heavy (non-hydrogen) atoms. The van der Waals surface area contributed by atoms with Crippen LogP contribution in [0.5, 0.6) is 0 Å². The Morgan fingerprint density at radius 1 is 1.50 bits per heavy atom. The SMILES string of the molecule is CN(CC#N)C(=O)c1ccc(Br)cc1. The zero-order valence-corrected chi connectivity index (χ0v) is 9.28. The summed E-state index contributed by atoms with van der Waals surface area (Å²) in [5, 5.41) is 8.43. The van der Waals surface area contributed by atoms with E-state index in [4.69, 9.17) is 5.26 Å². The third-order valence-electron chi connectivity index (χ3n) is 1.75. The summed E-state index contributed by atoms with van der Waals surface area (Å²) in [7, 11) is 1.60. The summed E-state index contributed by atoms with van der Waals surface area (Å²) in [6.45, 7) is 0.106. The monoisotopic (exact) mass is 252 g/mol. The number of halogens is 1. The van der Waals surface area contributed by atoms with Crippen LogP contribution in [0.2, 0.25) is 0 Å². The Morgan fingerprint density at radius 3 is 2.57 bits per heavy atom. The molecule has 3 nitrogen and oxygen atoms in total. The maximum Gasteiger partial charge on any atom is 0.254 e. The van der Waals surface area contributed by atoms with Gasteiger partial charge < -0.3 is 4.90 Å². The number of carbonyl (C=O) groups is 1. The molecule has 72 valence electrons. The Bertz CT molecular complexity index is 367. The molecule has 0 saturated heterocycles. The van der Waals surface area contributed by atoms with Crippen molar-refractivity contribution in [1.82, 2.24) is 4.90 Å². The molecule has 1 rings (SSSR count). The summed E-state index contributed by atoms with van der Waals surface area (Å²) < 4.78 is 0.928. The number of rotatable bonds is 2. The molecule has 0 atom stereocenters. The highest BCUT2D eigenvalue weighted by atomic mass is 79.9. The number of nitrogens with zero attached hydrogens (tertiary/aromatic N) is 2. The van der Waals surface area contributed by atoms with Gasteiger partial charge in [-0.1, -0.05) is 15.9 Å². The van der Waals surface area contributed by atoms with Crippen LogP contribution < -0.4 is 0 Å². The Balaban J connectivity index is 2.80. The van der Waals surface area contributed by atoms with E-state index in [1.165, 1.54) is 4.90 Å². The van der Waals surface area contributed by atoms with Gasteiger partial charge in [0.15, 0.2) is 0 Å².